The van der Waals surface area contributed by atoms with E-state index in [-0.39, 0.29) is 5.91 Å². The third kappa shape index (κ3) is 4.33. The van der Waals surface area contributed by atoms with Gasteiger partial charge in [-0.2, -0.15) is 0 Å². The van der Waals surface area contributed by atoms with E-state index in [9.17, 15) is 4.79 Å². The lowest BCUT2D eigenvalue weighted by atomic mass is 9.81. The predicted molar refractivity (Wildman–Crippen MR) is 78.0 cm³/mol. The first-order chi connectivity index (χ1) is 9.02. The zero-order valence-corrected chi connectivity index (χ0v) is 11.7. The van der Waals surface area contributed by atoms with Gasteiger partial charge in [-0.1, -0.05) is 12.1 Å². The fourth-order valence-electron chi connectivity index (χ4n) is 2.61. The quantitative estimate of drug-likeness (QED) is 0.846. The lowest BCUT2D eigenvalue weighted by Gasteiger charge is -2.35. The second-order valence-electron chi connectivity index (χ2n) is 5.71. The maximum atomic E-state index is 11.9. The largest absolute Gasteiger partial charge is 0.328 e. The summed E-state index contributed by atoms with van der Waals surface area (Å²) >= 11 is 0. The lowest BCUT2D eigenvalue weighted by Crippen LogP contribution is -2.43. The number of carbonyl (C=O) groups is 1. The third-order valence-electron chi connectivity index (χ3n) is 3.56. The van der Waals surface area contributed by atoms with Crippen LogP contribution in [-0.4, -0.2) is 37.0 Å². The van der Waals surface area contributed by atoms with E-state index in [1.54, 1.807) is 0 Å². The number of amides is 1. The number of nitrogens with zero attached hydrogens (tertiary/aromatic N) is 1. The summed E-state index contributed by atoms with van der Waals surface area (Å²) in [6, 6.07) is 8.23. The molecule has 0 heterocycles. The van der Waals surface area contributed by atoms with Crippen molar-refractivity contribution >= 4 is 11.6 Å². The molecule has 1 saturated carbocycles. The van der Waals surface area contributed by atoms with Crippen LogP contribution in [0.1, 0.15) is 18.4 Å². The van der Waals surface area contributed by atoms with E-state index in [0.29, 0.717) is 18.5 Å². The summed E-state index contributed by atoms with van der Waals surface area (Å²) in [5.41, 5.74) is 7.78. The molecule has 1 aromatic carbocycles. The van der Waals surface area contributed by atoms with E-state index in [2.05, 4.69) is 10.2 Å². The van der Waals surface area contributed by atoms with Crippen molar-refractivity contribution < 1.29 is 4.79 Å². The molecule has 1 aromatic rings. The summed E-state index contributed by atoms with van der Waals surface area (Å²) < 4.78 is 0. The molecule has 0 bridgehead atoms. The van der Waals surface area contributed by atoms with Gasteiger partial charge in [-0.3, -0.25) is 9.69 Å². The first-order valence-electron chi connectivity index (χ1n) is 6.83. The normalized spacial score (nSPS) is 22.1. The lowest BCUT2D eigenvalue weighted by molar-refractivity contribution is -0.117. The van der Waals surface area contributed by atoms with E-state index in [0.717, 1.165) is 30.6 Å². The number of benzene rings is 1. The summed E-state index contributed by atoms with van der Waals surface area (Å²) in [7, 11) is 1.99. The molecule has 0 saturated heterocycles. The molecule has 2 rings (SSSR count). The van der Waals surface area contributed by atoms with Crippen molar-refractivity contribution in [3.63, 3.8) is 0 Å². The minimum Gasteiger partial charge on any atom is -0.328 e. The first kappa shape index (κ1) is 14.0. The van der Waals surface area contributed by atoms with Crippen molar-refractivity contribution in [1.82, 2.24) is 4.90 Å². The number of nitrogens with one attached hydrogen (secondary N) is 1. The average molecular weight is 261 g/mol. The minimum atomic E-state index is 0.0386. The zero-order chi connectivity index (χ0) is 13.8. The molecule has 1 aliphatic carbocycles. The maximum Gasteiger partial charge on any atom is 0.238 e. The molecule has 1 fully saturated rings. The van der Waals surface area contributed by atoms with Gasteiger partial charge in [0.05, 0.1) is 6.54 Å². The number of rotatable bonds is 5. The molecule has 1 amide bonds. The molecule has 0 unspecified atom stereocenters. The SMILES string of the molecule is Cc1cccc(NC(=O)CN(C)CC2CC(N)C2)c1. The van der Waals surface area contributed by atoms with Gasteiger partial charge in [0.2, 0.25) is 5.91 Å². The standard InChI is InChI=1S/C15H23N3O/c1-11-4-3-5-14(6-11)17-15(19)10-18(2)9-12-7-13(16)8-12/h3-6,12-13H,7-10,16H2,1-2H3,(H,17,19). The van der Waals surface area contributed by atoms with Gasteiger partial charge in [0.1, 0.15) is 0 Å². The topological polar surface area (TPSA) is 58.4 Å². The third-order valence-corrected chi connectivity index (χ3v) is 3.56. The maximum absolute atomic E-state index is 11.9. The van der Waals surface area contributed by atoms with Gasteiger partial charge in [0.25, 0.3) is 0 Å². The Balaban J connectivity index is 1.74. The van der Waals surface area contributed by atoms with E-state index in [1.165, 1.54) is 0 Å². The molecule has 0 atom stereocenters. The zero-order valence-electron chi connectivity index (χ0n) is 11.7. The molecule has 4 heteroatoms. The van der Waals surface area contributed by atoms with Crippen molar-refractivity contribution in [2.75, 3.05) is 25.5 Å². The van der Waals surface area contributed by atoms with Crippen LogP contribution in [-0.2, 0) is 4.79 Å². The van der Waals surface area contributed by atoms with Crippen LogP contribution in [0.2, 0.25) is 0 Å². The average Bonchev–Trinajstić information content (AvgIpc) is 2.26. The minimum absolute atomic E-state index is 0.0386. The van der Waals surface area contributed by atoms with Crippen LogP contribution < -0.4 is 11.1 Å². The summed E-state index contributed by atoms with van der Waals surface area (Å²) in [5.74, 6) is 0.698. The van der Waals surface area contributed by atoms with Crippen LogP contribution in [0.25, 0.3) is 0 Å². The highest BCUT2D eigenvalue weighted by Gasteiger charge is 2.26. The van der Waals surface area contributed by atoms with Gasteiger partial charge in [0.15, 0.2) is 0 Å². The van der Waals surface area contributed by atoms with Gasteiger partial charge >= 0.3 is 0 Å². The van der Waals surface area contributed by atoms with Crippen LogP contribution in [0.15, 0.2) is 24.3 Å². The number of hydrogen-bond acceptors (Lipinski definition) is 3. The van der Waals surface area contributed by atoms with Gasteiger partial charge in [-0.05, 0) is 50.4 Å². The van der Waals surface area contributed by atoms with E-state index < -0.39 is 0 Å². The number of nitrogens with two attached hydrogens (primary N) is 1. The van der Waals surface area contributed by atoms with Crippen molar-refractivity contribution in [2.24, 2.45) is 11.7 Å². The van der Waals surface area contributed by atoms with E-state index >= 15 is 0 Å². The van der Waals surface area contributed by atoms with E-state index in [4.69, 9.17) is 5.73 Å². The van der Waals surface area contributed by atoms with Crippen molar-refractivity contribution in [3.05, 3.63) is 29.8 Å². The molecule has 0 aliphatic heterocycles. The Labute approximate surface area is 115 Å². The number of carbonyl (C=O) groups excluding carboxylic acids is 1. The summed E-state index contributed by atoms with van der Waals surface area (Å²) in [4.78, 5) is 14.0. The van der Waals surface area contributed by atoms with Crippen LogP contribution in [0, 0.1) is 12.8 Å². The van der Waals surface area contributed by atoms with Crippen LogP contribution >= 0.6 is 0 Å². The molecule has 0 spiro atoms. The van der Waals surface area contributed by atoms with Crippen molar-refractivity contribution in [1.29, 1.82) is 0 Å². The predicted octanol–water partition coefficient (Wildman–Crippen LogP) is 1.60. The molecule has 1 aliphatic rings. The van der Waals surface area contributed by atoms with Crippen LogP contribution in [0.4, 0.5) is 5.69 Å². The monoisotopic (exact) mass is 261 g/mol. The Kier molecular flexibility index (Phi) is 4.56. The molecule has 104 valence electrons. The molecule has 4 nitrogen and oxygen atoms in total. The summed E-state index contributed by atoms with van der Waals surface area (Å²) in [6.07, 6.45) is 2.17. The van der Waals surface area contributed by atoms with Gasteiger partial charge in [0, 0.05) is 18.3 Å². The highest BCUT2D eigenvalue weighted by Crippen LogP contribution is 2.25. The molecule has 3 N–H and O–H groups in total. The molecule has 0 aromatic heterocycles. The summed E-state index contributed by atoms with van der Waals surface area (Å²) in [6.45, 7) is 3.40. The highest BCUT2D eigenvalue weighted by atomic mass is 16.2. The molecular formula is C15H23N3O. The van der Waals surface area contributed by atoms with Gasteiger partial charge in [-0.25, -0.2) is 0 Å². The van der Waals surface area contributed by atoms with Gasteiger partial charge < -0.3 is 11.1 Å². The van der Waals surface area contributed by atoms with Crippen molar-refractivity contribution in [2.45, 2.75) is 25.8 Å². The van der Waals surface area contributed by atoms with E-state index in [1.807, 2.05) is 38.2 Å². The van der Waals surface area contributed by atoms with Gasteiger partial charge in [-0.15, -0.1) is 0 Å². The Morgan fingerprint density at radius 1 is 1.47 bits per heavy atom. The fraction of sp³-hybridized carbons (Fsp3) is 0.533. The van der Waals surface area contributed by atoms with Crippen LogP contribution in [0.3, 0.4) is 0 Å². The summed E-state index contributed by atoms with van der Waals surface area (Å²) in [5, 5.41) is 2.93. The van der Waals surface area contributed by atoms with Crippen molar-refractivity contribution in [3.8, 4) is 0 Å². The Hall–Kier alpha value is -1.39. The second-order valence-corrected chi connectivity index (χ2v) is 5.71. The molecule has 0 radical (unpaired) electrons. The molecule has 19 heavy (non-hydrogen) atoms. The van der Waals surface area contributed by atoms with Crippen LogP contribution in [0.5, 0.6) is 0 Å². The highest BCUT2D eigenvalue weighted by molar-refractivity contribution is 5.92. The Bertz CT molecular complexity index is 441. The fourth-order valence-corrected chi connectivity index (χ4v) is 2.61. The number of aryl methyl sites for hydroxylation is 1. The molecular weight excluding hydrogens is 238 g/mol. The number of hydrogen-bond donors (Lipinski definition) is 2. The Morgan fingerprint density at radius 3 is 2.84 bits per heavy atom. The smallest absolute Gasteiger partial charge is 0.238 e. The Morgan fingerprint density at radius 2 is 2.21 bits per heavy atom. The first-order valence-corrected chi connectivity index (χ1v) is 6.83. The second kappa shape index (κ2) is 6.17. The number of likely N-dealkylation sites (N-methyl/N-ethyl adjacent to an activating group) is 1. The number of anilines is 1.